The van der Waals surface area contributed by atoms with Crippen molar-refractivity contribution in [1.29, 1.82) is 0 Å². The first-order chi connectivity index (χ1) is 11.0. The largest absolute Gasteiger partial charge is 0.504 e. The quantitative estimate of drug-likeness (QED) is 0.475. The molecule has 1 aliphatic heterocycles. The number of aromatic nitrogens is 1. The zero-order chi connectivity index (χ0) is 16.1. The summed E-state index contributed by atoms with van der Waals surface area (Å²) in [5.74, 6) is -1.74. The van der Waals surface area contributed by atoms with Crippen LogP contribution >= 0.6 is 0 Å². The molecule has 2 aromatic carbocycles. The van der Waals surface area contributed by atoms with Crippen molar-refractivity contribution in [1.82, 2.24) is 4.98 Å². The van der Waals surface area contributed by atoms with E-state index < -0.39 is 11.5 Å². The number of nitrogens with one attached hydrogen (secondary N) is 1. The molecule has 0 aliphatic carbocycles. The van der Waals surface area contributed by atoms with Gasteiger partial charge in [0.15, 0.2) is 17.3 Å². The van der Waals surface area contributed by atoms with E-state index in [0.717, 1.165) is 5.52 Å². The number of fused-ring (bicyclic) bond motifs is 2. The van der Waals surface area contributed by atoms with Crippen LogP contribution in [-0.2, 0) is 0 Å². The summed E-state index contributed by atoms with van der Waals surface area (Å²) in [4.78, 5) is 15.3. The molecule has 1 aromatic heterocycles. The van der Waals surface area contributed by atoms with Gasteiger partial charge in [0.1, 0.15) is 5.82 Å². The van der Waals surface area contributed by atoms with Crippen LogP contribution in [0.1, 0.15) is 15.9 Å². The van der Waals surface area contributed by atoms with Crippen LogP contribution in [0.2, 0.25) is 0 Å². The van der Waals surface area contributed by atoms with Crippen molar-refractivity contribution in [3.63, 3.8) is 0 Å². The van der Waals surface area contributed by atoms with E-state index in [2.05, 4.69) is 4.98 Å². The minimum Gasteiger partial charge on any atom is -0.504 e. The number of carbonyl (C=O) groups is 1. The Morgan fingerprint density at radius 3 is 2.83 bits per heavy atom. The maximum Gasteiger partial charge on any atom is 0.232 e. The van der Waals surface area contributed by atoms with Gasteiger partial charge in [-0.05, 0) is 36.4 Å². The van der Waals surface area contributed by atoms with Gasteiger partial charge in [0.05, 0.1) is 5.56 Å². The number of aromatic amines is 1. The third-order valence-electron chi connectivity index (χ3n) is 3.75. The fraction of sp³-hybridized carbons (Fsp3) is 0. The van der Waals surface area contributed by atoms with E-state index in [-0.39, 0.29) is 28.6 Å². The number of hydrogen-bond donors (Lipinski definition) is 3. The Kier molecular flexibility index (Phi) is 2.68. The van der Waals surface area contributed by atoms with Crippen LogP contribution in [0.5, 0.6) is 17.2 Å². The van der Waals surface area contributed by atoms with Gasteiger partial charge in [0.25, 0.3) is 0 Å². The molecule has 3 aromatic rings. The number of benzene rings is 2. The molecule has 0 radical (unpaired) electrons. The standard InChI is InChI=1S/C17H10FNO4/c18-9-1-3-12-11(6-9)8(7-19-12)5-14-15(21)10-2-4-13(20)16(22)17(10)23-14/h1-7,19-20,22H/b14-5-. The maximum absolute atomic E-state index is 13.4. The van der Waals surface area contributed by atoms with Crippen molar-refractivity contribution < 1.29 is 24.1 Å². The third kappa shape index (κ3) is 1.96. The lowest BCUT2D eigenvalue weighted by molar-refractivity contribution is 0.101. The van der Waals surface area contributed by atoms with Crippen LogP contribution in [0.4, 0.5) is 4.39 Å². The summed E-state index contributed by atoms with van der Waals surface area (Å²) in [7, 11) is 0. The molecule has 1 aliphatic rings. The zero-order valence-corrected chi connectivity index (χ0v) is 11.6. The minimum absolute atomic E-state index is 0.00828. The number of carbonyl (C=O) groups excluding carboxylic acids is 1. The number of phenolic OH excluding ortho intramolecular Hbond substituents is 2. The summed E-state index contributed by atoms with van der Waals surface area (Å²) < 4.78 is 18.8. The topological polar surface area (TPSA) is 82.6 Å². The second kappa shape index (κ2) is 4.61. The first-order valence-electron chi connectivity index (χ1n) is 6.80. The van der Waals surface area contributed by atoms with Gasteiger partial charge in [0, 0.05) is 22.7 Å². The number of halogens is 1. The summed E-state index contributed by atoms with van der Waals surface area (Å²) in [5.41, 5.74) is 1.47. The molecule has 0 atom stereocenters. The second-order valence-electron chi connectivity index (χ2n) is 5.18. The highest BCUT2D eigenvalue weighted by Gasteiger charge is 2.31. The minimum atomic E-state index is -0.482. The molecule has 6 heteroatoms. The van der Waals surface area contributed by atoms with Crippen molar-refractivity contribution in [3.8, 4) is 17.2 Å². The Balaban J connectivity index is 1.82. The Hall–Kier alpha value is -3.28. The van der Waals surface area contributed by atoms with E-state index in [0.29, 0.717) is 10.9 Å². The molecule has 0 fully saturated rings. The first-order valence-corrected chi connectivity index (χ1v) is 6.80. The van der Waals surface area contributed by atoms with Crippen LogP contribution in [0.3, 0.4) is 0 Å². The molecule has 0 bridgehead atoms. The molecule has 5 nitrogen and oxygen atoms in total. The summed E-state index contributed by atoms with van der Waals surface area (Å²) in [6.45, 7) is 0. The fourth-order valence-corrected chi connectivity index (χ4v) is 2.60. The number of hydrogen-bond acceptors (Lipinski definition) is 4. The van der Waals surface area contributed by atoms with E-state index in [9.17, 15) is 19.4 Å². The molecular formula is C17H10FNO4. The number of H-pyrrole nitrogens is 1. The van der Waals surface area contributed by atoms with Crippen LogP contribution in [-0.4, -0.2) is 21.0 Å². The van der Waals surface area contributed by atoms with Crippen molar-refractivity contribution in [3.05, 3.63) is 59.2 Å². The number of phenols is 2. The van der Waals surface area contributed by atoms with Gasteiger partial charge < -0.3 is 19.9 Å². The third-order valence-corrected chi connectivity index (χ3v) is 3.75. The van der Waals surface area contributed by atoms with Crippen LogP contribution in [0, 0.1) is 5.82 Å². The lowest BCUT2D eigenvalue weighted by Gasteiger charge is -2.02. The number of allylic oxidation sites excluding steroid dienone is 1. The Bertz CT molecular complexity index is 1000. The lowest BCUT2D eigenvalue weighted by atomic mass is 10.1. The van der Waals surface area contributed by atoms with Crippen molar-refractivity contribution in [2.24, 2.45) is 0 Å². The highest BCUT2D eigenvalue weighted by Crippen LogP contribution is 2.44. The van der Waals surface area contributed by atoms with Crippen LogP contribution in [0.15, 0.2) is 42.3 Å². The average Bonchev–Trinajstić information content (AvgIpc) is 3.06. The number of Topliss-reactive ketones (excluding diaryl/α,β-unsaturated/α-hetero) is 1. The first kappa shape index (κ1) is 13.4. The van der Waals surface area contributed by atoms with Gasteiger partial charge in [-0.1, -0.05) is 0 Å². The van der Waals surface area contributed by atoms with E-state index in [4.69, 9.17) is 4.74 Å². The fourth-order valence-electron chi connectivity index (χ4n) is 2.60. The SMILES string of the molecule is O=C1/C(=C/c2c[nH]c3ccc(F)cc23)Oc2c1ccc(O)c2O. The van der Waals surface area contributed by atoms with Gasteiger partial charge in [-0.25, -0.2) is 4.39 Å². The molecule has 23 heavy (non-hydrogen) atoms. The van der Waals surface area contributed by atoms with Crippen molar-refractivity contribution in [2.45, 2.75) is 0 Å². The van der Waals surface area contributed by atoms with Crippen molar-refractivity contribution in [2.75, 3.05) is 0 Å². The van der Waals surface area contributed by atoms with E-state index in [1.54, 1.807) is 12.3 Å². The highest BCUT2D eigenvalue weighted by atomic mass is 19.1. The van der Waals surface area contributed by atoms with Crippen LogP contribution in [0.25, 0.3) is 17.0 Å². The van der Waals surface area contributed by atoms with Crippen LogP contribution < -0.4 is 4.74 Å². The van der Waals surface area contributed by atoms with Gasteiger partial charge in [-0.15, -0.1) is 0 Å². The molecule has 0 saturated carbocycles. The average molecular weight is 311 g/mol. The highest BCUT2D eigenvalue weighted by molar-refractivity contribution is 6.15. The number of ketones is 1. The number of aromatic hydroxyl groups is 2. The second-order valence-corrected chi connectivity index (χ2v) is 5.18. The molecule has 4 rings (SSSR count). The smallest absolute Gasteiger partial charge is 0.232 e. The summed E-state index contributed by atoms with van der Waals surface area (Å²) in [6, 6.07) is 6.89. The molecule has 0 spiro atoms. The summed E-state index contributed by atoms with van der Waals surface area (Å²) >= 11 is 0. The molecular weight excluding hydrogens is 301 g/mol. The summed E-state index contributed by atoms with van der Waals surface area (Å²) in [5, 5.41) is 19.9. The Morgan fingerprint density at radius 1 is 1.17 bits per heavy atom. The lowest BCUT2D eigenvalue weighted by Crippen LogP contribution is -1.97. The van der Waals surface area contributed by atoms with Gasteiger partial charge in [0.2, 0.25) is 11.5 Å². The van der Waals surface area contributed by atoms with Crippen molar-refractivity contribution >= 4 is 22.8 Å². The maximum atomic E-state index is 13.4. The normalized spacial score (nSPS) is 15.2. The monoisotopic (exact) mass is 311 g/mol. The predicted octanol–water partition coefficient (Wildman–Crippen LogP) is 3.33. The van der Waals surface area contributed by atoms with E-state index in [1.807, 2.05) is 0 Å². The predicted molar refractivity (Wildman–Crippen MR) is 81.0 cm³/mol. The molecule has 114 valence electrons. The molecule has 3 N–H and O–H groups in total. The molecule has 2 heterocycles. The van der Waals surface area contributed by atoms with Gasteiger partial charge >= 0.3 is 0 Å². The Labute approximate surface area is 129 Å². The molecule has 0 unspecified atom stereocenters. The zero-order valence-electron chi connectivity index (χ0n) is 11.6. The Morgan fingerprint density at radius 2 is 2.00 bits per heavy atom. The number of rotatable bonds is 1. The van der Waals surface area contributed by atoms with Gasteiger partial charge in [-0.3, -0.25) is 4.79 Å². The number of ether oxygens (including phenoxy) is 1. The molecule has 0 amide bonds. The van der Waals surface area contributed by atoms with E-state index >= 15 is 0 Å². The van der Waals surface area contributed by atoms with E-state index in [1.165, 1.54) is 30.3 Å². The van der Waals surface area contributed by atoms with Gasteiger partial charge in [-0.2, -0.15) is 0 Å². The molecule has 0 saturated heterocycles. The summed E-state index contributed by atoms with van der Waals surface area (Å²) in [6.07, 6.45) is 3.10.